The Labute approximate surface area is 114 Å². The van der Waals surface area contributed by atoms with Gasteiger partial charge < -0.3 is 15.0 Å². The number of nitrogens with one attached hydrogen (secondary N) is 1. The summed E-state index contributed by atoms with van der Waals surface area (Å²) in [6.45, 7) is 0.604. The van der Waals surface area contributed by atoms with Crippen LogP contribution in [-0.2, 0) is 4.74 Å². The molecule has 0 saturated carbocycles. The highest BCUT2D eigenvalue weighted by Crippen LogP contribution is 2.17. The van der Waals surface area contributed by atoms with Gasteiger partial charge in [-0.05, 0) is 18.6 Å². The summed E-state index contributed by atoms with van der Waals surface area (Å²) in [5.74, 6) is -2.79. The van der Waals surface area contributed by atoms with E-state index in [0.717, 1.165) is 6.07 Å². The minimum Gasteiger partial charge on any atom is -0.453 e. The Hall–Kier alpha value is -2.18. The minimum absolute atomic E-state index is 0.240. The molecule has 7 heteroatoms. The highest BCUT2D eigenvalue weighted by molar-refractivity contribution is 5.94. The van der Waals surface area contributed by atoms with Crippen LogP contribution in [0.25, 0.3) is 0 Å². The van der Waals surface area contributed by atoms with Crippen LogP contribution in [0.5, 0.6) is 0 Å². The standard InChI is InChI=1S/C13H14F2N2O3/c1-20-13(19)16-8-5-6-17(7-8)12(18)9-3-2-4-10(14)11(9)15/h2-4,8H,5-7H2,1H3,(H,16,19). The molecule has 1 fully saturated rings. The van der Waals surface area contributed by atoms with E-state index in [1.807, 2.05) is 0 Å². The number of rotatable bonds is 2. The molecule has 5 nitrogen and oxygen atoms in total. The molecule has 1 atom stereocenters. The van der Waals surface area contributed by atoms with E-state index >= 15 is 0 Å². The van der Waals surface area contributed by atoms with Crippen molar-refractivity contribution in [1.29, 1.82) is 0 Å². The third-order valence-corrected chi connectivity index (χ3v) is 3.16. The number of halogens is 2. The maximum absolute atomic E-state index is 13.6. The van der Waals surface area contributed by atoms with Crippen LogP contribution >= 0.6 is 0 Å². The van der Waals surface area contributed by atoms with Gasteiger partial charge in [-0.15, -0.1) is 0 Å². The quantitative estimate of drug-likeness (QED) is 0.896. The van der Waals surface area contributed by atoms with Crippen LogP contribution in [0.2, 0.25) is 0 Å². The number of benzene rings is 1. The lowest BCUT2D eigenvalue weighted by molar-refractivity contribution is 0.0782. The van der Waals surface area contributed by atoms with Gasteiger partial charge in [0, 0.05) is 13.1 Å². The topological polar surface area (TPSA) is 58.6 Å². The Morgan fingerprint density at radius 1 is 1.40 bits per heavy atom. The first-order valence-corrected chi connectivity index (χ1v) is 6.10. The van der Waals surface area contributed by atoms with Crippen molar-refractivity contribution in [2.24, 2.45) is 0 Å². The molecule has 108 valence electrons. The Morgan fingerprint density at radius 3 is 2.85 bits per heavy atom. The van der Waals surface area contributed by atoms with E-state index in [1.54, 1.807) is 0 Å². The van der Waals surface area contributed by atoms with Gasteiger partial charge in [-0.2, -0.15) is 0 Å². The second kappa shape index (κ2) is 5.85. The Bertz CT molecular complexity index is 536. The van der Waals surface area contributed by atoms with Crippen LogP contribution in [-0.4, -0.2) is 43.1 Å². The lowest BCUT2D eigenvalue weighted by Gasteiger charge is -2.17. The molecule has 2 amide bonds. The largest absolute Gasteiger partial charge is 0.453 e. The summed E-state index contributed by atoms with van der Waals surface area (Å²) in [6.07, 6.45) is -0.0427. The van der Waals surface area contributed by atoms with E-state index in [1.165, 1.54) is 24.1 Å². The van der Waals surface area contributed by atoms with Crippen molar-refractivity contribution in [3.05, 3.63) is 35.4 Å². The molecule has 1 heterocycles. The fourth-order valence-electron chi connectivity index (χ4n) is 2.13. The smallest absolute Gasteiger partial charge is 0.407 e. The zero-order chi connectivity index (χ0) is 14.7. The van der Waals surface area contributed by atoms with E-state index in [2.05, 4.69) is 10.1 Å². The Balaban J connectivity index is 2.04. The van der Waals surface area contributed by atoms with Gasteiger partial charge >= 0.3 is 6.09 Å². The number of alkyl carbamates (subject to hydrolysis) is 1. The first kappa shape index (κ1) is 14.2. The van der Waals surface area contributed by atoms with E-state index in [-0.39, 0.29) is 18.2 Å². The number of ether oxygens (including phenoxy) is 1. The molecule has 0 aromatic heterocycles. The average molecular weight is 284 g/mol. The number of methoxy groups -OCH3 is 1. The van der Waals surface area contributed by atoms with Gasteiger partial charge in [0.1, 0.15) is 0 Å². The maximum Gasteiger partial charge on any atom is 0.407 e. The summed E-state index contributed by atoms with van der Waals surface area (Å²) in [6, 6.07) is 3.23. The van der Waals surface area contributed by atoms with Crippen LogP contribution in [0.15, 0.2) is 18.2 Å². The van der Waals surface area contributed by atoms with Crippen LogP contribution < -0.4 is 5.32 Å². The first-order valence-electron chi connectivity index (χ1n) is 6.10. The molecule has 1 aromatic carbocycles. The molecule has 1 unspecified atom stereocenters. The third-order valence-electron chi connectivity index (χ3n) is 3.16. The molecule has 0 spiro atoms. The monoisotopic (exact) mass is 284 g/mol. The third kappa shape index (κ3) is 2.87. The lowest BCUT2D eigenvalue weighted by Crippen LogP contribution is -2.38. The zero-order valence-electron chi connectivity index (χ0n) is 10.9. The number of carbonyl (C=O) groups is 2. The van der Waals surface area contributed by atoms with Gasteiger partial charge in [0.25, 0.3) is 5.91 Å². The van der Waals surface area contributed by atoms with Crippen molar-refractivity contribution < 1.29 is 23.1 Å². The number of likely N-dealkylation sites (tertiary alicyclic amines) is 1. The van der Waals surface area contributed by atoms with Crippen molar-refractivity contribution >= 4 is 12.0 Å². The van der Waals surface area contributed by atoms with Gasteiger partial charge in [0.2, 0.25) is 0 Å². The molecule has 1 aliphatic rings. The highest BCUT2D eigenvalue weighted by Gasteiger charge is 2.29. The summed E-state index contributed by atoms with van der Waals surface area (Å²) < 4.78 is 31.1. The summed E-state index contributed by atoms with van der Waals surface area (Å²) in [5, 5.41) is 2.57. The van der Waals surface area contributed by atoms with Crippen molar-refractivity contribution in [3.8, 4) is 0 Å². The van der Waals surface area contributed by atoms with Crippen LogP contribution in [0.1, 0.15) is 16.8 Å². The summed E-state index contributed by atoms with van der Waals surface area (Å²) in [4.78, 5) is 24.5. The molecule has 1 aliphatic heterocycles. The number of carbonyl (C=O) groups excluding carboxylic acids is 2. The van der Waals surface area contributed by atoms with Gasteiger partial charge in [0.15, 0.2) is 11.6 Å². The normalized spacial score (nSPS) is 17.9. The zero-order valence-corrected chi connectivity index (χ0v) is 10.9. The van der Waals surface area contributed by atoms with Crippen LogP contribution in [0, 0.1) is 11.6 Å². The van der Waals surface area contributed by atoms with Gasteiger partial charge in [0.05, 0.1) is 18.7 Å². The molecular formula is C13H14F2N2O3. The average Bonchev–Trinajstić information content (AvgIpc) is 2.89. The number of hydrogen-bond acceptors (Lipinski definition) is 3. The van der Waals surface area contributed by atoms with Crippen molar-refractivity contribution in [3.63, 3.8) is 0 Å². The van der Waals surface area contributed by atoms with Gasteiger partial charge in [-0.1, -0.05) is 6.07 Å². The van der Waals surface area contributed by atoms with E-state index < -0.39 is 23.6 Å². The Kier molecular flexibility index (Phi) is 4.16. The summed E-state index contributed by atoms with van der Waals surface area (Å²) >= 11 is 0. The van der Waals surface area contributed by atoms with Crippen molar-refractivity contribution in [2.75, 3.05) is 20.2 Å². The second-order valence-electron chi connectivity index (χ2n) is 4.47. The van der Waals surface area contributed by atoms with E-state index in [4.69, 9.17) is 0 Å². The fraction of sp³-hybridized carbons (Fsp3) is 0.385. The van der Waals surface area contributed by atoms with Gasteiger partial charge in [-0.3, -0.25) is 4.79 Å². The summed E-state index contributed by atoms with van der Waals surface area (Å²) in [7, 11) is 1.25. The predicted molar refractivity (Wildman–Crippen MR) is 66.2 cm³/mol. The minimum atomic E-state index is -1.15. The molecule has 2 rings (SSSR count). The Morgan fingerprint density at radius 2 is 2.15 bits per heavy atom. The van der Waals surface area contributed by atoms with Gasteiger partial charge in [-0.25, -0.2) is 13.6 Å². The molecule has 0 aliphatic carbocycles. The fourth-order valence-corrected chi connectivity index (χ4v) is 2.13. The number of hydrogen-bond donors (Lipinski definition) is 1. The lowest BCUT2D eigenvalue weighted by atomic mass is 10.2. The highest BCUT2D eigenvalue weighted by atomic mass is 19.2. The molecular weight excluding hydrogens is 270 g/mol. The molecule has 20 heavy (non-hydrogen) atoms. The number of amides is 2. The molecule has 1 aromatic rings. The second-order valence-corrected chi connectivity index (χ2v) is 4.47. The first-order chi connectivity index (χ1) is 9.52. The molecule has 0 radical (unpaired) electrons. The van der Waals surface area contributed by atoms with Crippen LogP contribution in [0.4, 0.5) is 13.6 Å². The molecule has 0 bridgehead atoms. The van der Waals surface area contributed by atoms with E-state index in [0.29, 0.717) is 13.0 Å². The maximum atomic E-state index is 13.6. The molecule has 1 N–H and O–H groups in total. The van der Waals surface area contributed by atoms with Crippen LogP contribution in [0.3, 0.4) is 0 Å². The van der Waals surface area contributed by atoms with E-state index in [9.17, 15) is 18.4 Å². The number of nitrogens with zero attached hydrogens (tertiary/aromatic N) is 1. The summed E-state index contributed by atoms with van der Waals surface area (Å²) in [5.41, 5.74) is -0.302. The van der Waals surface area contributed by atoms with Crippen molar-refractivity contribution in [1.82, 2.24) is 10.2 Å². The van der Waals surface area contributed by atoms with Crippen molar-refractivity contribution in [2.45, 2.75) is 12.5 Å². The molecule has 1 saturated heterocycles. The predicted octanol–water partition coefficient (Wildman–Crippen LogP) is 1.54. The SMILES string of the molecule is COC(=O)NC1CCN(C(=O)c2cccc(F)c2F)C1.